The number of aromatic hydroxyl groups is 1. The summed E-state index contributed by atoms with van der Waals surface area (Å²) < 4.78 is 5.67. The molecule has 0 aliphatic carbocycles. The van der Waals surface area contributed by atoms with E-state index in [1.807, 2.05) is 26.0 Å². The van der Waals surface area contributed by atoms with Crippen LogP contribution in [0.3, 0.4) is 0 Å². The van der Waals surface area contributed by atoms with Gasteiger partial charge >= 0.3 is 5.97 Å². The molecule has 0 aliphatic heterocycles. The minimum absolute atomic E-state index is 0.108. The van der Waals surface area contributed by atoms with Gasteiger partial charge < -0.3 is 14.9 Å². The number of aryl methyl sites for hydroxylation is 2. The number of phenols is 1. The van der Waals surface area contributed by atoms with E-state index < -0.39 is 11.6 Å². The summed E-state index contributed by atoms with van der Waals surface area (Å²) in [6.45, 7) is 6.66. The van der Waals surface area contributed by atoms with Crippen molar-refractivity contribution in [3.05, 3.63) is 64.7 Å². The number of carbonyl (C=O) groups is 2. The Balaban J connectivity index is 2.23. The lowest BCUT2D eigenvalue weighted by Gasteiger charge is -2.24. The van der Waals surface area contributed by atoms with Crippen molar-refractivity contribution in [3.8, 4) is 11.5 Å². The van der Waals surface area contributed by atoms with Gasteiger partial charge in [0.25, 0.3) is 0 Å². The fourth-order valence-corrected chi connectivity index (χ4v) is 2.43. The molecule has 0 radical (unpaired) electrons. The van der Waals surface area contributed by atoms with Gasteiger partial charge in [-0.2, -0.15) is 0 Å². The molecule has 0 spiro atoms. The lowest BCUT2D eigenvalue weighted by Crippen LogP contribution is -2.38. The Kier molecular flexibility index (Phi) is 5.50. The summed E-state index contributed by atoms with van der Waals surface area (Å²) in [7, 11) is 0. The Labute approximate surface area is 152 Å². The zero-order valence-electron chi connectivity index (χ0n) is 15.2. The summed E-state index contributed by atoms with van der Waals surface area (Å²) >= 11 is 0. The van der Waals surface area contributed by atoms with Crippen molar-refractivity contribution in [3.63, 3.8) is 0 Å². The molecule has 2 N–H and O–H groups in total. The first kappa shape index (κ1) is 19.2. The number of carboxylic acids is 1. The zero-order valence-corrected chi connectivity index (χ0v) is 15.2. The quantitative estimate of drug-likeness (QED) is 0.601. The Morgan fingerprint density at radius 3 is 2.08 bits per heavy atom. The number of hydrogen-bond acceptors (Lipinski definition) is 4. The molecule has 0 amide bonds. The van der Waals surface area contributed by atoms with E-state index in [9.17, 15) is 19.8 Å². The van der Waals surface area contributed by atoms with Crippen molar-refractivity contribution in [2.45, 2.75) is 33.3 Å². The molecule has 0 saturated heterocycles. The van der Waals surface area contributed by atoms with E-state index in [1.165, 1.54) is 32.1 Å². The first-order valence-corrected chi connectivity index (χ1v) is 8.15. The van der Waals surface area contributed by atoms with Crippen LogP contribution < -0.4 is 4.74 Å². The molecule has 0 heterocycles. The first-order chi connectivity index (χ1) is 12.1. The van der Waals surface area contributed by atoms with E-state index >= 15 is 0 Å². The number of carboxylic acid groups (broad SMARTS) is 1. The van der Waals surface area contributed by atoms with Gasteiger partial charge in [-0.05, 0) is 86.9 Å². The highest BCUT2D eigenvalue weighted by Gasteiger charge is 2.30. The highest BCUT2D eigenvalue weighted by atomic mass is 16.5. The molecular weight excluding hydrogens is 332 g/mol. The zero-order chi connectivity index (χ0) is 19.5. The Hall–Kier alpha value is -3.08. The molecule has 2 rings (SSSR count). The molecule has 0 saturated carbocycles. The minimum Gasteiger partial charge on any atom is -0.508 e. The number of allylic oxidation sites excluding steroid dienone is 1. The normalized spacial score (nSPS) is 11.5. The maximum absolute atomic E-state index is 12.2. The Morgan fingerprint density at radius 2 is 1.58 bits per heavy atom. The van der Waals surface area contributed by atoms with Gasteiger partial charge in [-0.3, -0.25) is 4.79 Å². The second kappa shape index (κ2) is 7.44. The molecule has 0 unspecified atom stereocenters. The van der Waals surface area contributed by atoms with Gasteiger partial charge in [0, 0.05) is 5.56 Å². The second-order valence-electron chi connectivity index (χ2n) is 6.65. The molecule has 2 aromatic carbocycles. The van der Waals surface area contributed by atoms with E-state index in [4.69, 9.17) is 4.74 Å². The molecule has 0 aliphatic rings. The summed E-state index contributed by atoms with van der Waals surface area (Å²) in [6, 6.07) is 9.71. The molecule has 5 heteroatoms. The average Bonchev–Trinajstić information content (AvgIpc) is 2.56. The van der Waals surface area contributed by atoms with Crippen LogP contribution in [0.2, 0.25) is 0 Å². The summed E-state index contributed by atoms with van der Waals surface area (Å²) in [4.78, 5) is 23.4. The van der Waals surface area contributed by atoms with E-state index in [0.29, 0.717) is 11.3 Å². The van der Waals surface area contributed by atoms with Crippen LogP contribution >= 0.6 is 0 Å². The summed E-state index contributed by atoms with van der Waals surface area (Å²) in [5.41, 5.74) is 1.54. The summed E-state index contributed by atoms with van der Waals surface area (Å²) in [6.07, 6.45) is 3.16. The number of ether oxygens (including phenoxy) is 1. The number of phenolic OH excluding ortho intramolecular Hbond substituents is 1. The number of rotatable bonds is 6. The van der Waals surface area contributed by atoms with E-state index in [1.54, 1.807) is 18.2 Å². The van der Waals surface area contributed by atoms with Crippen molar-refractivity contribution in [2.75, 3.05) is 0 Å². The number of aliphatic carboxylic acids is 1. The van der Waals surface area contributed by atoms with Crippen molar-refractivity contribution in [2.24, 2.45) is 0 Å². The van der Waals surface area contributed by atoms with Gasteiger partial charge in [-0.25, -0.2) is 4.79 Å². The number of ketones is 1. The van der Waals surface area contributed by atoms with E-state index in [0.717, 1.165) is 16.7 Å². The SMILES string of the molecule is Cc1cc(/C=C/C(=O)c2ccc(O)cc2)cc(C)c1OC(C)(C)C(=O)O. The van der Waals surface area contributed by atoms with Gasteiger partial charge in [-0.1, -0.05) is 6.08 Å². The highest BCUT2D eigenvalue weighted by molar-refractivity contribution is 6.06. The number of benzene rings is 2. The van der Waals surface area contributed by atoms with Crippen molar-refractivity contribution in [1.29, 1.82) is 0 Å². The van der Waals surface area contributed by atoms with Crippen LogP contribution in [0.25, 0.3) is 6.08 Å². The van der Waals surface area contributed by atoms with Crippen LogP contribution in [-0.4, -0.2) is 27.6 Å². The Bertz CT molecular complexity index is 837. The molecule has 0 aromatic heterocycles. The smallest absolute Gasteiger partial charge is 0.347 e. The molecule has 2 aromatic rings. The largest absolute Gasteiger partial charge is 0.508 e. The van der Waals surface area contributed by atoms with Crippen LogP contribution in [0.4, 0.5) is 0 Å². The molecule has 26 heavy (non-hydrogen) atoms. The summed E-state index contributed by atoms with van der Waals surface area (Å²) in [5.74, 6) is -0.580. The third kappa shape index (κ3) is 4.51. The summed E-state index contributed by atoms with van der Waals surface area (Å²) in [5, 5.41) is 18.5. The van der Waals surface area contributed by atoms with Crippen molar-refractivity contribution >= 4 is 17.8 Å². The van der Waals surface area contributed by atoms with E-state index in [-0.39, 0.29) is 11.5 Å². The monoisotopic (exact) mass is 354 g/mol. The lowest BCUT2D eigenvalue weighted by atomic mass is 10.0. The third-order valence-electron chi connectivity index (χ3n) is 3.93. The van der Waals surface area contributed by atoms with Crippen LogP contribution in [-0.2, 0) is 4.79 Å². The van der Waals surface area contributed by atoms with Crippen LogP contribution in [0.15, 0.2) is 42.5 Å². The van der Waals surface area contributed by atoms with Gasteiger partial charge in [0.2, 0.25) is 0 Å². The molecule has 5 nitrogen and oxygen atoms in total. The third-order valence-corrected chi connectivity index (χ3v) is 3.93. The first-order valence-electron chi connectivity index (χ1n) is 8.15. The predicted molar refractivity (Wildman–Crippen MR) is 99.7 cm³/mol. The highest BCUT2D eigenvalue weighted by Crippen LogP contribution is 2.29. The number of hydrogen-bond donors (Lipinski definition) is 2. The van der Waals surface area contributed by atoms with Crippen LogP contribution in [0, 0.1) is 13.8 Å². The maximum Gasteiger partial charge on any atom is 0.347 e. The molecule has 0 bridgehead atoms. The lowest BCUT2D eigenvalue weighted by molar-refractivity contribution is -0.152. The van der Waals surface area contributed by atoms with E-state index in [2.05, 4.69) is 0 Å². The fourth-order valence-electron chi connectivity index (χ4n) is 2.43. The van der Waals surface area contributed by atoms with Crippen molar-refractivity contribution < 1.29 is 24.5 Å². The van der Waals surface area contributed by atoms with Gasteiger partial charge in [0.15, 0.2) is 11.4 Å². The average molecular weight is 354 g/mol. The maximum atomic E-state index is 12.2. The number of carbonyl (C=O) groups excluding carboxylic acids is 1. The van der Waals surface area contributed by atoms with Crippen LogP contribution in [0.5, 0.6) is 11.5 Å². The minimum atomic E-state index is -1.33. The topological polar surface area (TPSA) is 83.8 Å². The van der Waals surface area contributed by atoms with Crippen LogP contribution in [0.1, 0.15) is 40.9 Å². The second-order valence-corrected chi connectivity index (χ2v) is 6.65. The fraction of sp³-hybridized carbons (Fsp3) is 0.238. The van der Waals surface area contributed by atoms with Gasteiger partial charge in [0.1, 0.15) is 11.5 Å². The molecule has 0 fully saturated rings. The molecule has 136 valence electrons. The predicted octanol–water partition coefficient (Wildman–Crippen LogP) is 4.15. The standard InChI is InChI=1S/C21H22O5/c1-13-11-15(5-10-18(23)16-6-8-17(22)9-7-16)12-14(2)19(13)26-21(3,4)20(24)25/h5-12,22H,1-4H3,(H,24,25)/b10-5+. The molecule has 0 atom stereocenters. The Morgan fingerprint density at radius 1 is 1.04 bits per heavy atom. The van der Waals surface area contributed by atoms with Gasteiger partial charge in [-0.15, -0.1) is 0 Å². The molecular formula is C21H22O5. The van der Waals surface area contributed by atoms with Gasteiger partial charge in [0.05, 0.1) is 0 Å². The van der Waals surface area contributed by atoms with Crippen molar-refractivity contribution in [1.82, 2.24) is 0 Å².